The standard InChI is InChI=1S/C29H35N5O4/c35-16-17-36-18-19-37-20-21-38-25-11-9-24(10-12-25)27-22-30-26-13-14-28(33-29(26)32-27)34-31-15-5-4-8-23-6-2-1-3-7-23/h1-3,6-7,9-14,22,31,35H,4-5,8,15-21H2,(H,32,33,34). The van der Waals surface area contributed by atoms with E-state index in [4.69, 9.17) is 24.3 Å². The Morgan fingerprint density at radius 3 is 2.37 bits per heavy atom. The van der Waals surface area contributed by atoms with Crippen LogP contribution < -0.4 is 15.6 Å². The Hall–Kier alpha value is -3.63. The normalized spacial score (nSPS) is 11.1. The minimum atomic E-state index is 0.0202. The van der Waals surface area contributed by atoms with Gasteiger partial charge in [0.25, 0.3) is 0 Å². The number of nitrogens with one attached hydrogen (secondary N) is 2. The Bertz CT molecular complexity index is 1220. The molecule has 4 rings (SSSR count). The summed E-state index contributed by atoms with van der Waals surface area (Å²) in [4.78, 5) is 13.9. The fraction of sp³-hybridized carbons (Fsp3) is 0.345. The van der Waals surface area contributed by atoms with E-state index in [9.17, 15) is 0 Å². The summed E-state index contributed by atoms with van der Waals surface area (Å²) in [5, 5.41) is 8.66. The number of rotatable bonds is 17. The van der Waals surface area contributed by atoms with Gasteiger partial charge in [-0.1, -0.05) is 30.3 Å². The van der Waals surface area contributed by atoms with E-state index in [1.165, 1.54) is 5.56 Å². The number of aromatic nitrogens is 3. The van der Waals surface area contributed by atoms with Gasteiger partial charge < -0.3 is 24.7 Å². The van der Waals surface area contributed by atoms with Crippen molar-refractivity contribution in [2.45, 2.75) is 19.3 Å². The van der Waals surface area contributed by atoms with Gasteiger partial charge in [-0.05, 0) is 61.2 Å². The fourth-order valence-corrected chi connectivity index (χ4v) is 3.77. The predicted molar refractivity (Wildman–Crippen MR) is 148 cm³/mol. The monoisotopic (exact) mass is 517 g/mol. The number of unbranched alkanes of at least 4 members (excludes halogenated alkanes) is 1. The van der Waals surface area contributed by atoms with Crippen molar-refractivity contribution in [1.82, 2.24) is 20.4 Å². The summed E-state index contributed by atoms with van der Waals surface area (Å²) in [6, 6.07) is 22.1. The molecule has 3 N–H and O–H groups in total. The van der Waals surface area contributed by atoms with Gasteiger partial charge in [-0.25, -0.2) is 15.4 Å². The maximum Gasteiger partial charge on any atom is 0.180 e. The van der Waals surface area contributed by atoms with Crippen LogP contribution in [0.3, 0.4) is 0 Å². The molecule has 0 aliphatic rings. The largest absolute Gasteiger partial charge is 0.491 e. The van der Waals surface area contributed by atoms with Crippen molar-refractivity contribution >= 4 is 17.0 Å². The highest BCUT2D eigenvalue weighted by Gasteiger charge is 2.06. The summed E-state index contributed by atoms with van der Waals surface area (Å²) < 4.78 is 16.3. The summed E-state index contributed by atoms with van der Waals surface area (Å²) in [6.45, 7) is 3.03. The second-order valence-electron chi connectivity index (χ2n) is 8.61. The highest BCUT2D eigenvalue weighted by Crippen LogP contribution is 2.22. The lowest BCUT2D eigenvalue weighted by Crippen LogP contribution is -2.23. The summed E-state index contributed by atoms with van der Waals surface area (Å²) in [5.41, 5.74) is 10.8. The highest BCUT2D eigenvalue weighted by molar-refractivity contribution is 5.75. The predicted octanol–water partition coefficient (Wildman–Crippen LogP) is 4.04. The lowest BCUT2D eigenvalue weighted by atomic mass is 10.1. The number of ether oxygens (including phenoxy) is 3. The van der Waals surface area contributed by atoms with E-state index in [2.05, 4.69) is 45.1 Å². The van der Waals surface area contributed by atoms with Crippen molar-refractivity contribution in [3.8, 4) is 17.0 Å². The second kappa shape index (κ2) is 15.6. The number of hydrogen-bond donors (Lipinski definition) is 3. The Morgan fingerprint density at radius 1 is 0.763 bits per heavy atom. The van der Waals surface area contributed by atoms with E-state index < -0.39 is 0 Å². The van der Waals surface area contributed by atoms with Crippen LogP contribution in [0.25, 0.3) is 22.4 Å². The lowest BCUT2D eigenvalue weighted by Gasteiger charge is -2.09. The van der Waals surface area contributed by atoms with E-state index >= 15 is 0 Å². The average molecular weight is 518 g/mol. The zero-order valence-electron chi connectivity index (χ0n) is 21.5. The molecule has 2 heterocycles. The maximum atomic E-state index is 8.66. The zero-order chi connectivity index (χ0) is 26.3. The van der Waals surface area contributed by atoms with Crippen molar-refractivity contribution in [1.29, 1.82) is 0 Å². The Kier molecular flexibility index (Phi) is 11.2. The number of hydrogen-bond acceptors (Lipinski definition) is 9. The number of anilines is 1. The number of hydrazine groups is 1. The molecule has 200 valence electrons. The van der Waals surface area contributed by atoms with Crippen LogP contribution in [0.4, 0.5) is 5.82 Å². The molecule has 0 saturated carbocycles. The van der Waals surface area contributed by atoms with Crippen molar-refractivity contribution < 1.29 is 19.3 Å². The van der Waals surface area contributed by atoms with Crippen LogP contribution in [-0.2, 0) is 15.9 Å². The first-order valence-corrected chi connectivity index (χ1v) is 13.0. The van der Waals surface area contributed by atoms with E-state index in [-0.39, 0.29) is 6.61 Å². The van der Waals surface area contributed by atoms with Crippen LogP contribution in [0.2, 0.25) is 0 Å². The fourth-order valence-electron chi connectivity index (χ4n) is 3.77. The Morgan fingerprint density at radius 2 is 1.55 bits per heavy atom. The minimum Gasteiger partial charge on any atom is -0.491 e. The molecule has 0 radical (unpaired) electrons. The van der Waals surface area contributed by atoms with Gasteiger partial charge in [0.05, 0.1) is 44.9 Å². The molecule has 0 amide bonds. The third kappa shape index (κ3) is 9.04. The zero-order valence-corrected chi connectivity index (χ0v) is 21.5. The van der Waals surface area contributed by atoms with E-state index in [0.29, 0.717) is 44.5 Å². The van der Waals surface area contributed by atoms with Gasteiger partial charge in [0.15, 0.2) is 5.65 Å². The van der Waals surface area contributed by atoms with Crippen molar-refractivity contribution in [2.24, 2.45) is 0 Å². The maximum absolute atomic E-state index is 8.66. The van der Waals surface area contributed by atoms with Crippen molar-refractivity contribution in [3.63, 3.8) is 0 Å². The van der Waals surface area contributed by atoms with E-state index in [1.54, 1.807) is 6.20 Å². The second-order valence-corrected chi connectivity index (χ2v) is 8.61. The van der Waals surface area contributed by atoms with Crippen LogP contribution in [0.5, 0.6) is 5.75 Å². The summed E-state index contributed by atoms with van der Waals surface area (Å²) >= 11 is 0. The van der Waals surface area contributed by atoms with Crippen LogP contribution in [0.15, 0.2) is 72.9 Å². The molecular formula is C29H35N5O4. The van der Waals surface area contributed by atoms with Crippen LogP contribution in [0, 0.1) is 0 Å². The number of aliphatic hydroxyl groups excluding tert-OH is 1. The number of aryl methyl sites for hydroxylation is 1. The first-order valence-electron chi connectivity index (χ1n) is 13.0. The topological polar surface area (TPSA) is 111 Å². The third-order valence-electron chi connectivity index (χ3n) is 5.74. The lowest BCUT2D eigenvalue weighted by molar-refractivity contribution is 0.0247. The molecule has 2 aromatic heterocycles. The van der Waals surface area contributed by atoms with Gasteiger partial charge in [-0.3, -0.25) is 4.98 Å². The van der Waals surface area contributed by atoms with Gasteiger partial charge in [-0.2, -0.15) is 0 Å². The number of benzene rings is 2. The molecule has 0 saturated heterocycles. The highest BCUT2D eigenvalue weighted by atomic mass is 16.5. The Labute approximate surface area is 223 Å². The number of fused-ring (bicyclic) bond motifs is 1. The van der Waals surface area contributed by atoms with Crippen molar-refractivity contribution in [2.75, 3.05) is 51.6 Å². The first-order chi connectivity index (χ1) is 18.8. The summed E-state index contributed by atoms with van der Waals surface area (Å²) in [5.74, 6) is 1.46. The third-order valence-corrected chi connectivity index (χ3v) is 5.74. The van der Waals surface area contributed by atoms with Gasteiger partial charge >= 0.3 is 0 Å². The number of nitrogens with zero attached hydrogens (tertiary/aromatic N) is 3. The SMILES string of the molecule is OCCOCCOCCOc1ccc(-c2cnc3ccc(NNCCCCc4ccccc4)nc3n2)cc1. The number of aliphatic hydroxyl groups is 1. The van der Waals surface area contributed by atoms with Crippen LogP contribution >= 0.6 is 0 Å². The summed E-state index contributed by atoms with van der Waals surface area (Å²) in [6.07, 6.45) is 5.02. The molecule has 2 aromatic carbocycles. The van der Waals surface area contributed by atoms with Crippen LogP contribution in [0.1, 0.15) is 18.4 Å². The molecule has 0 atom stereocenters. The van der Waals surface area contributed by atoms with Crippen molar-refractivity contribution in [3.05, 3.63) is 78.5 Å². The van der Waals surface area contributed by atoms with Gasteiger partial charge in [0, 0.05) is 12.1 Å². The smallest absolute Gasteiger partial charge is 0.180 e. The molecule has 0 aliphatic carbocycles. The molecule has 38 heavy (non-hydrogen) atoms. The van der Waals surface area contributed by atoms with E-state index in [0.717, 1.165) is 48.3 Å². The molecule has 9 heteroatoms. The van der Waals surface area contributed by atoms with E-state index in [1.807, 2.05) is 42.5 Å². The molecule has 0 aliphatic heterocycles. The first kappa shape index (κ1) is 27.4. The summed E-state index contributed by atoms with van der Waals surface area (Å²) in [7, 11) is 0. The number of pyridine rings is 1. The molecule has 0 unspecified atom stereocenters. The minimum absolute atomic E-state index is 0.0202. The quantitative estimate of drug-likeness (QED) is 0.141. The molecular weight excluding hydrogens is 482 g/mol. The van der Waals surface area contributed by atoms with Gasteiger partial charge in [0.1, 0.15) is 23.7 Å². The molecule has 0 fully saturated rings. The molecule has 4 aromatic rings. The molecule has 0 spiro atoms. The molecule has 0 bridgehead atoms. The molecule has 9 nitrogen and oxygen atoms in total. The van der Waals surface area contributed by atoms with Gasteiger partial charge in [0.2, 0.25) is 0 Å². The van der Waals surface area contributed by atoms with Crippen LogP contribution in [-0.4, -0.2) is 66.2 Å². The average Bonchev–Trinajstić information content (AvgIpc) is 2.97. The Balaban J connectivity index is 1.21. The van der Waals surface area contributed by atoms with Gasteiger partial charge in [-0.15, -0.1) is 0 Å².